The number of sulfonamides is 1. The Balaban J connectivity index is 1.73. The van der Waals surface area contributed by atoms with E-state index in [0.717, 1.165) is 25.7 Å². The summed E-state index contributed by atoms with van der Waals surface area (Å²) in [6.07, 6.45) is 3.73. The molecule has 0 unspecified atom stereocenters. The van der Waals surface area contributed by atoms with Crippen molar-refractivity contribution in [3.63, 3.8) is 0 Å². The molecule has 4 rings (SSSR count). The van der Waals surface area contributed by atoms with Crippen LogP contribution in [0, 0.1) is 0 Å². The molecule has 0 aromatic heterocycles. The zero-order valence-corrected chi connectivity index (χ0v) is 19.5. The van der Waals surface area contributed by atoms with Crippen LogP contribution in [0.2, 0.25) is 5.02 Å². The van der Waals surface area contributed by atoms with Gasteiger partial charge in [-0.25, -0.2) is 8.42 Å². The molecule has 1 fully saturated rings. The van der Waals surface area contributed by atoms with Gasteiger partial charge in [0, 0.05) is 31.1 Å². The number of nitrogens with one attached hydrogen (secondary N) is 1. The molecule has 0 aliphatic carbocycles. The van der Waals surface area contributed by atoms with E-state index in [2.05, 4.69) is 5.32 Å². The van der Waals surface area contributed by atoms with E-state index in [4.69, 9.17) is 11.6 Å². The third-order valence-corrected chi connectivity index (χ3v) is 8.32. The molecule has 1 saturated heterocycles. The monoisotopic (exact) mass is 475 g/mol. The van der Waals surface area contributed by atoms with E-state index in [1.807, 2.05) is 0 Å². The second-order valence-corrected chi connectivity index (χ2v) is 10.6. The van der Waals surface area contributed by atoms with Crippen LogP contribution in [0.5, 0.6) is 0 Å². The highest BCUT2D eigenvalue weighted by Crippen LogP contribution is 2.34. The van der Waals surface area contributed by atoms with Crippen LogP contribution < -0.4 is 10.2 Å². The highest BCUT2D eigenvalue weighted by Gasteiger charge is 2.32. The molecule has 2 aromatic carbocycles. The van der Waals surface area contributed by atoms with Crippen molar-refractivity contribution in [2.75, 3.05) is 23.3 Å². The van der Waals surface area contributed by atoms with Crippen LogP contribution in [0.4, 0.5) is 11.4 Å². The lowest BCUT2D eigenvalue weighted by Crippen LogP contribution is -2.39. The number of para-hydroxylation sites is 2. The summed E-state index contributed by atoms with van der Waals surface area (Å²) in [7, 11) is -3.83. The molecule has 1 N–H and O–H groups in total. The average molecular weight is 476 g/mol. The second kappa shape index (κ2) is 9.21. The summed E-state index contributed by atoms with van der Waals surface area (Å²) in [6, 6.07) is 11.0. The van der Waals surface area contributed by atoms with E-state index in [1.165, 1.54) is 22.5 Å². The van der Waals surface area contributed by atoms with Crippen molar-refractivity contribution in [3.8, 4) is 0 Å². The minimum atomic E-state index is -3.83. The summed E-state index contributed by atoms with van der Waals surface area (Å²) in [5, 5.41) is 2.92. The molecule has 0 spiro atoms. The Hall–Kier alpha value is -2.42. The zero-order valence-electron chi connectivity index (χ0n) is 17.9. The molecule has 0 bridgehead atoms. The first-order valence-corrected chi connectivity index (χ1v) is 12.6. The Morgan fingerprint density at radius 3 is 2.47 bits per heavy atom. The molecule has 0 radical (unpaired) electrons. The number of halogens is 1. The predicted octanol–water partition coefficient (Wildman–Crippen LogP) is 4.28. The number of anilines is 2. The molecule has 2 aliphatic heterocycles. The van der Waals surface area contributed by atoms with Crippen LogP contribution in [0.3, 0.4) is 0 Å². The molecule has 9 heteroatoms. The minimum Gasteiger partial charge on any atom is -0.324 e. The van der Waals surface area contributed by atoms with Crippen molar-refractivity contribution in [2.45, 2.75) is 50.0 Å². The van der Waals surface area contributed by atoms with E-state index in [1.54, 1.807) is 36.1 Å². The third-order valence-electron chi connectivity index (χ3n) is 5.94. The number of amides is 2. The Labute approximate surface area is 193 Å². The molecule has 0 saturated carbocycles. The number of rotatable bonds is 3. The lowest BCUT2D eigenvalue weighted by Gasteiger charge is -2.28. The quantitative estimate of drug-likeness (QED) is 0.717. The van der Waals surface area contributed by atoms with Crippen molar-refractivity contribution in [1.82, 2.24) is 4.31 Å². The maximum Gasteiger partial charge on any atom is 0.258 e. The maximum atomic E-state index is 13.6. The van der Waals surface area contributed by atoms with Gasteiger partial charge in [0.2, 0.25) is 15.9 Å². The van der Waals surface area contributed by atoms with Gasteiger partial charge < -0.3 is 10.2 Å². The van der Waals surface area contributed by atoms with Crippen molar-refractivity contribution >= 4 is 44.8 Å². The first-order valence-electron chi connectivity index (χ1n) is 10.8. The van der Waals surface area contributed by atoms with E-state index in [0.29, 0.717) is 24.5 Å². The van der Waals surface area contributed by atoms with Gasteiger partial charge in [-0.15, -0.1) is 0 Å². The van der Waals surface area contributed by atoms with Gasteiger partial charge in [-0.1, -0.05) is 36.6 Å². The van der Waals surface area contributed by atoms with Crippen LogP contribution in [0.1, 0.15) is 49.4 Å². The smallest absolute Gasteiger partial charge is 0.258 e. The summed E-state index contributed by atoms with van der Waals surface area (Å²) in [4.78, 5) is 27.3. The van der Waals surface area contributed by atoms with Gasteiger partial charge in [0.1, 0.15) is 4.90 Å². The van der Waals surface area contributed by atoms with Crippen LogP contribution in [0.15, 0.2) is 47.4 Å². The largest absolute Gasteiger partial charge is 0.324 e. The van der Waals surface area contributed by atoms with Gasteiger partial charge in [0.15, 0.2) is 0 Å². The highest BCUT2D eigenvalue weighted by molar-refractivity contribution is 7.89. The number of hydrogen-bond donors (Lipinski definition) is 1. The highest BCUT2D eigenvalue weighted by atomic mass is 35.5. The second-order valence-electron chi connectivity index (χ2n) is 8.26. The predicted molar refractivity (Wildman–Crippen MR) is 125 cm³/mol. The number of nitrogens with zero attached hydrogens (tertiary/aromatic N) is 2. The first kappa shape index (κ1) is 22.8. The number of fused-ring (bicyclic) bond motifs is 1. The van der Waals surface area contributed by atoms with Gasteiger partial charge in [0.05, 0.1) is 16.4 Å². The molecule has 170 valence electrons. The van der Waals surface area contributed by atoms with Crippen molar-refractivity contribution < 1.29 is 18.0 Å². The average Bonchev–Trinajstić information content (AvgIpc) is 3.11. The number of carbonyl (C=O) groups excluding carboxylic acids is 2. The van der Waals surface area contributed by atoms with E-state index in [9.17, 15) is 18.0 Å². The summed E-state index contributed by atoms with van der Waals surface area (Å²) in [5.74, 6) is -0.564. The Morgan fingerprint density at radius 2 is 1.75 bits per heavy atom. The van der Waals surface area contributed by atoms with Gasteiger partial charge in [-0.3, -0.25) is 9.59 Å². The molecule has 7 nitrogen and oxygen atoms in total. The normalized spacial score (nSPS) is 20.1. The molecule has 2 aliphatic rings. The summed E-state index contributed by atoms with van der Waals surface area (Å²) >= 11 is 6.30. The molecule has 1 atom stereocenters. The molecule has 2 heterocycles. The van der Waals surface area contributed by atoms with Crippen molar-refractivity contribution in [3.05, 3.63) is 53.1 Å². The Morgan fingerprint density at radius 1 is 1.06 bits per heavy atom. The fourth-order valence-corrected chi connectivity index (χ4v) is 6.31. The molecule has 32 heavy (non-hydrogen) atoms. The molecule has 2 aromatic rings. The van der Waals surface area contributed by atoms with E-state index in [-0.39, 0.29) is 33.7 Å². The van der Waals surface area contributed by atoms with Crippen molar-refractivity contribution in [1.29, 1.82) is 0 Å². The lowest BCUT2D eigenvalue weighted by atomic mass is 10.1. The summed E-state index contributed by atoms with van der Waals surface area (Å²) in [6.45, 7) is 2.69. The van der Waals surface area contributed by atoms with Crippen molar-refractivity contribution in [2.24, 2.45) is 0 Å². The van der Waals surface area contributed by atoms with Gasteiger partial charge in [-0.05, 0) is 50.1 Å². The Kier molecular flexibility index (Phi) is 6.55. The fourth-order valence-electron chi connectivity index (χ4n) is 4.29. The first-order chi connectivity index (χ1) is 15.3. The van der Waals surface area contributed by atoms with E-state index < -0.39 is 16.1 Å². The van der Waals surface area contributed by atoms with E-state index >= 15 is 0 Å². The lowest BCUT2D eigenvalue weighted by molar-refractivity contribution is -0.116. The van der Waals surface area contributed by atoms with Gasteiger partial charge >= 0.3 is 0 Å². The third kappa shape index (κ3) is 4.40. The summed E-state index contributed by atoms with van der Waals surface area (Å²) in [5.41, 5.74) is 1.32. The Bertz CT molecular complexity index is 1140. The zero-order chi connectivity index (χ0) is 22.9. The minimum absolute atomic E-state index is 0.0584. The topological polar surface area (TPSA) is 86.8 Å². The SMILES string of the molecule is C[C@H]1CC(=O)Nc2ccccc2N1C(=O)c1ccc(Cl)c(S(=O)(=O)N2CCCCCC2)c1. The van der Waals surface area contributed by atoms with Gasteiger partial charge in [-0.2, -0.15) is 4.31 Å². The van der Waals surface area contributed by atoms with Crippen LogP contribution in [0.25, 0.3) is 0 Å². The number of hydrogen-bond acceptors (Lipinski definition) is 4. The van der Waals surface area contributed by atoms with Crippen LogP contribution >= 0.6 is 11.6 Å². The van der Waals surface area contributed by atoms with Crippen LogP contribution in [-0.4, -0.2) is 43.7 Å². The molecular weight excluding hydrogens is 450 g/mol. The standard InChI is InChI=1S/C23H26ClN3O4S/c1-16-14-22(28)25-19-8-4-5-9-20(19)27(16)23(29)17-10-11-18(24)21(15-17)32(30,31)26-12-6-2-3-7-13-26/h4-5,8-11,15-16H,2-3,6-7,12-14H2,1H3,(H,25,28)/t16-/m0/s1. The number of carbonyl (C=O) groups is 2. The van der Waals surface area contributed by atoms with Gasteiger partial charge in [0.25, 0.3) is 5.91 Å². The van der Waals surface area contributed by atoms with Crippen LogP contribution in [-0.2, 0) is 14.8 Å². The fraction of sp³-hybridized carbons (Fsp3) is 0.391. The number of benzene rings is 2. The maximum absolute atomic E-state index is 13.6. The molecule has 2 amide bonds. The summed E-state index contributed by atoms with van der Waals surface area (Å²) < 4.78 is 28.1. The molecular formula is C23H26ClN3O4S.